The maximum Gasteiger partial charge on any atom is 0.313 e. The Hall–Kier alpha value is -2.35. The maximum atomic E-state index is 11.2. The maximum absolute atomic E-state index is 11.2. The Morgan fingerprint density at radius 2 is 2.12 bits per heavy atom. The fraction of sp³-hybridized carbons (Fsp3) is 0.250. The molecule has 0 atom stereocenters. The van der Waals surface area contributed by atoms with Crippen LogP contribution in [0.5, 0.6) is 0 Å². The first kappa shape index (κ1) is 12.7. The molecule has 17 heavy (non-hydrogen) atoms. The van der Waals surface area contributed by atoms with Gasteiger partial charge in [0.1, 0.15) is 12.3 Å². The molecule has 0 amide bonds. The van der Waals surface area contributed by atoms with Gasteiger partial charge < -0.3 is 4.74 Å². The zero-order valence-electron chi connectivity index (χ0n) is 9.51. The first-order chi connectivity index (χ1) is 8.19. The summed E-state index contributed by atoms with van der Waals surface area (Å²) in [7, 11) is 0. The summed E-state index contributed by atoms with van der Waals surface area (Å²) in [6.07, 6.45) is 1.65. The van der Waals surface area contributed by atoms with Crippen molar-refractivity contribution in [2.75, 3.05) is 11.5 Å². The quantitative estimate of drug-likeness (QED) is 0.282. The van der Waals surface area contributed by atoms with Crippen LogP contribution in [0.15, 0.2) is 30.3 Å². The van der Waals surface area contributed by atoms with Crippen LogP contribution in [0.1, 0.15) is 13.3 Å². The van der Waals surface area contributed by atoms with Crippen LogP contribution in [0.2, 0.25) is 0 Å². The van der Waals surface area contributed by atoms with Crippen LogP contribution in [-0.2, 0) is 9.53 Å². The summed E-state index contributed by atoms with van der Waals surface area (Å²) in [6.45, 7) is 1.96. The molecule has 0 bridgehead atoms. The van der Waals surface area contributed by atoms with Gasteiger partial charge in [0.25, 0.3) is 0 Å². The number of esters is 1. The number of rotatable bonds is 4. The van der Waals surface area contributed by atoms with Crippen molar-refractivity contribution in [2.45, 2.75) is 13.3 Å². The van der Waals surface area contributed by atoms with Gasteiger partial charge in [-0.15, -0.1) is 0 Å². The highest BCUT2D eigenvalue weighted by Crippen LogP contribution is 2.13. The lowest BCUT2D eigenvalue weighted by molar-refractivity contribution is -0.141. The van der Waals surface area contributed by atoms with E-state index in [1.165, 1.54) is 0 Å². The molecular weight excluding hydrogens is 218 g/mol. The second-order valence-corrected chi connectivity index (χ2v) is 3.20. The molecule has 0 aliphatic rings. The molecule has 0 aromatic heterocycles. The largest absolute Gasteiger partial charge is 0.466 e. The molecule has 0 fully saturated rings. The third kappa shape index (κ3) is 3.61. The van der Waals surface area contributed by atoms with Crippen LogP contribution in [-0.4, -0.2) is 18.4 Å². The molecule has 0 unspecified atom stereocenters. The van der Waals surface area contributed by atoms with Crippen molar-refractivity contribution < 1.29 is 9.53 Å². The molecule has 0 spiro atoms. The van der Waals surface area contributed by atoms with Crippen LogP contribution in [0, 0.1) is 16.9 Å². The summed E-state index contributed by atoms with van der Waals surface area (Å²) in [4.78, 5) is 12.3. The number of anilines is 1. The topological polar surface area (TPSA) is 77.2 Å². The number of amidine groups is 1. The molecule has 0 radical (unpaired) electrons. The van der Waals surface area contributed by atoms with E-state index in [0.717, 1.165) is 4.90 Å². The standard InChI is InChI=1S/C12H13N3O2/c1-2-17-12(16)8-11(14)15(9-13)10-6-4-3-5-7-10/h3-7,14H,2,8H2,1H3. The summed E-state index contributed by atoms with van der Waals surface area (Å²) < 4.78 is 4.73. The van der Waals surface area contributed by atoms with E-state index in [-0.39, 0.29) is 18.9 Å². The molecule has 0 saturated carbocycles. The van der Waals surface area contributed by atoms with Gasteiger partial charge in [-0.25, -0.2) is 4.90 Å². The third-order valence-corrected chi connectivity index (χ3v) is 2.00. The van der Waals surface area contributed by atoms with Gasteiger partial charge in [0.05, 0.1) is 12.3 Å². The summed E-state index contributed by atoms with van der Waals surface area (Å²) in [5.74, 6) is -0.606. The Kier molecular flexibility index (Phi) is 4.70. The fourth-order valence-corrected chi connectivity index (χ4v) is 1.28. The van der Waals surface area contributed by atoms with Gasteiger partial charge in [0, 0.05) is 0 Å². The first-order valence-electron chi connectivity index (χ1n) is 5.17. The van der Waals surface area contributed by atoms with Crippen molar-refractivity contribution in [1.29, 1.82) is 10.7 Å². The molecule has 0 aliphatic carbocycles. The smallest absolute Gasteiger partial charge is 0.313 e. The number of ether oxygens (including phenoxy) is 1. The van der Waals surface area contributed by atoms with Crippen LogP contribution in [0.3, 0.4) is 0 Å². The van der Waals surface area contributed by atoms with Crippen molar-refractivity contribution in [2.24, 2.45) is 0 Å². The molecule has 1 aromatic carbocycles. The number of carbonyl (C=O) groups is 1. The molecule has 1 rings (SSSR count). The Labute approximate surface area is 99.7 Å². The van der Waals surface area contributed by atoms with E-state index in [2.05, 4.69) is 0 Å². The highest BCUT2D eigenvalue weighted by molar-refractivity contribution is 6.06. The van der Waals surface area contributed by atoms with Crippen LogP contribution < -0.4 is 4.90 Å². The number of nitrogens with zero attached hydrogens (tertiary/aromatic N) is 2. The molecule has 0 aliphatic heterocycles. The summed E-state index contributed by atoms with van der Waals surface area (Å²) in [5.41, 5.74) is 0.560. The average Bonchev–Trinajstić information content (AvgIpc) is 2.31. The van der Waals surface area contributed by atoms with E-state index in [1.54, 1.807) is 31.2 Å². The van der Waals surface area contributed by atoms with Gasteiger partial charge in [-0.2, -0.15) is 5.26 Å². The number of hydrogen-bond acceptors (Lipinski definition) is 4. The normalized spacial score (nSPS) is 9.18. The molecule has 88 valence electrons. The van der Waals surface area contributed by atoms with E-state index in [9.17, 15) is 4.79 Å². The zero-order valence-corrected chi connectivity index (χ0v) is 9.51. The molecule has 0 saturated heterocycles. The van der Waals surface area contributed by atoms with Crippen molar-refractivity contribution in [1.82, 2.24) is 0 Å². The zero-order chi connectivity index (χ0) is 12.7. The van der Waals surface area contributed by atoms with Gasteiger partial charge in [-0.1, -0.05) is 18.2 Å². The Bertz CT molecular complexity index is 437. The fourth-order valence-electron chi connectivity index (χ4n) is 1.28. The van der Waals surface area contributed by atoms with Crippen LogP contribution in [0.4, 0.5) is 5.69 Å². The van der Waals surface area contributed by atoms with Gasteiger partial charge in [-0.05, 0) is 19.1 Å². The first-order valence-corrected chi connectivity index (χ1v) is 5.17. The molecule has 5 nitrogen and oxygen atoms in total. The van der Waals surface area contributed by atoms with Gasteiger partial charge >= 0.3 is 5.97 Å². The molecule has 0 heterocycles. The number of benzene rings is 1. The van der Waals surface area contributed by atoms with E-state index in [0.29, 0.717) is 5.69 Å². The van der Waals surface area contributed by atoms with Gasteiger partial charge in [0.2, 0.25) is 0 Å². The highest BCUT2D eigenvalue weighted by Gasteiger charge is 2.15. The second-order valence-electron chi connectivity index (χ2n) is 3.20. The third-order valence-electron chi connectivity index (χ3n) is 2.00. The summed E-state index contributed by atoms with van der Waals surface area (Å²) in [6, 6.07) is 8.73. The lowest BCUT2D eigenvalue weighted by atomic mass is 10.2. The molecular formula is C12H13N3O2. The van der Waals surface area contributed by atoms with E-state index >= 15 is 0 Å². The number of nitriles is 1. The number of para-hydroxylation sites is 1. The summed E-state index contributed by atoms with van der Waals surface area (Å²) >= 11 is 0. The van der Waals surface area contributed by atoms with E-state index in [1.807, 2.05) is 12.3 Å². The number of hydrogen-bond donors (Lipinski definition) is 1. The minimum absolute atomic E-state index is 0.0999. The average molecular weight is 231 g/mol. The minimum atomic E-state index is -0.506. The van der Waals surface area contributed by atoms with Crippen molar-refractivity contribution in [3.8, 4) is 6.19 Å². The lowest BCUT2D eigenvalue weighted by Crippen LogP contribution is -2.27. The predicted octanol–water partition coefficient (Wildman–Crippen LogP) is 1.90. The summed E-state index contributed by atoms with van der Waals surface area (Å²) in [5, 5.41) is 16.7. The number of carbonyl (C=O) groups excluding carboxylic acids is 1. The van der Waals surface area contributed by atoms with Crippen molar-refractivity contribution >= 4 is 17.5 Å². The van der Waals surface area contributed by atoms with Gasteiger partial charge in [0.15, 0.2) is 6.19 Å². The molecule has 1 N–H and O–H groups in total. The van der Waals surface area contributed by atoms with Gasteiger partial charge in [-0.3, -0.25) is 10.2 Å². The Morgan fingerprint density at radius 1 is 1.47 bits per heavy atom. The second kappa shape index (κ2) is 6.28. The van der Waals surface area contributed by atoms with Crippen molar-refractivity contribution in [3.05, 3.63) is 30.3 Å². The number of nitrogens with one attached hydrogen (secondary N) is 1. The van der Waals surface area contributed by atoms with Crippen LogP contribution in [0.25, 0.3) is 0 Å². The van der Waals surface area contributed by atoms with Crippen molar-refractivity contribution in [3.63, 3.8) is 0 Å². The SMILES string of the molecule is CCOC(=O)CC(=N)N(C#N)c1ccccc1. The monoisotopic (exact) mass is 231 g/mol. The molecule has 1 aromatic rings. The predicted molar refractivity (Wildman–Crippen MR) is 63.5 cm³/mol. The lowest BCUT2D eigenvalue weighted by Gasteiger charge is -2.15. The minimum Gasteiger partial charge on any atom is -0.466 e. The van der Waals surface area contributed by atoms with Crippen LogP contribution >= 0.6 is 0 Å². The Morgan fingerprint density at radius 3 is 2.65 bits per heavy atom. The van der Waals surface area contributed by atoms with E-state index < -0.39 is 5.97 Å². The Balaban J connectivity index is 2.73. The van der Waals surface area contributed by atoms with E-state index in [4.69, 9.17) is 15.4 Å². The highest BCUT2D eigenvalue weighted by atomic mass is 16.5. The molecule has 5 heteroatoms.